The van der Waals surface area contributed by atoms with Gasteiger partial charge < -0.3 is 5.32 Å². The molecule has 3 heterocycles. The summed E-state index contributed by atoms with van der Waals surface area (Å²) >= 11 is 3.04. The highest BCUT2D eigenvalue weighted by molar-refractivity contribution is 8.01. The largest absolute Gasteiger partial charge is 0.363 e. The Morgan fingerprint density at radius 1 is 1.23 bits per heavy atom. The molecule has 3 aromatic heterocycles. The third-order valence-electron chi connectivity index (χ3n) is 3.20. The molecule has 1 N–H and O–H groups in total. The van der Waals surface area contributed by atoms with Crippen LogP contribution in [0.4, 0.5) is 5.13 Å². The first-order valence-corrected chi connectivity index (χ1v) is 8.32. The van der Waals surface area contributed by atoms with Gasteiger partial charge in [0.15, 0.2) is 9.99 Å². The summed E-state index contributed by atoms with van der Waals surface area (Å²) in [6.07, 6.45) is 0. The summed E-state index contributed by atoms with van der Waals surface area (Å²) in [6.45, 7) is 1.97. The standard InChI is InChI=1S/C14H12N6S2/c1-8-7-11-16-12(21-14-18-17-13(15-2)22-14)9-5-3-4-6-10(9)20(11)19-8/h3-7H,1-2H3,(H,15,17). The van der Waals surface area contributed by atoms with Crippen molar-refractivity contribution in [2.45, 2.75) is 16.3 Å². The smallest absolute Gasteiger partial charge is 0.206 e. The van der Waals surface area contributed by atoms with Crippen LogP contribution in [0.15, 0.2) is 39.7 Å². The molecule has 0 atom stereocenters. The number of aromatic nitrogens is 5. The first-order chi connectivity index (χ1) is 10.7. The zero-order valence-corrected chi connectivity index (χ0v) is 13.6. The van der Waals surface area contributed by atoms with Crippen LogP contribution in [0.25, 0.3) is 16.6 Å². The lowest BCUT2D eigenvalue weighted by atomic mass is 10.2. The van der Waals surface area contributed by atoms with E-state index in [1.807, 2.05) is 36.7 Å². The minimum atomic E-state index is 0.799. The predicted molar refractivity (Wildman–Crippen MR) is 88.8 cm³/mol. The molecular formula is C14H12N6S2. The van der Waals surface area contributed by atoms with Crippen LogP contribution in [-0.4, -0.2) is 31.8 Å². The molecule has 0 unspecified atom stereocenters. The van der Waals surface area contributed by atoms with Crippen LogP contribution in [0.1, 0.15) is 5.69 Å². The van der Waals surface area contributed by atoms with Gasteiger partial charge in [0, 0.05) is 18.5 Å². The topological polar surface area (TPSA) is 68.0 Å². The van der Waals surface area contributed by atoms with E-state index in [4.69, 9.17) is 4.98 Å². The van der Waals surface area contributed by atoms with Crippen LogP contribution in [0.2, 0.25) is 0 Å². The molecule has 1 aromatic carbocycles. The number of nitrogens with zero attached hydrogens (tertiary/aromatic N) is 5. The number of aryl methyl sites for hydroxylation is 1. The molecule has 0 bridgehead atoms. The average molecular weight is 328 g/mol. The van der Waals surface area contributed by atoms with Crippen LogP contribution >= 0.6 is 23.1 Å². The average Bonchev–Trinajstić information content (AvgIpc) is 3.13. The number of hydrogen-bond donors (Lipinski definition) is 1. The van der Waals surface area contributed by atoms with Gasteiger partial charge in [-0.2, -0.15) is 5.10 Å². The van der Waals surface area contributed by atoms with Gasteiger partial charge in [0.1, 0.15) is 5.03 Å². The lowest BCUT2D eigenvalue weighted by Crippen LogP contribution is -1.95. The molecule has 0 aliphatic rings. The van der Waals surface area contributed by atoms with Crippen LogP contribution in [0.3, 0.4) is 0 Å². The summed E-state index contributed by atoms with van der Waals surface area (Å²) in [4.78, 5) is 4.74. The van der Waals surface area contributed by atoms with Gasteiger partial charge in [-0.1, -0.05) is 29.5 Å². The highest BCUT2D eigenvalue weighted by Gasteiger charge is 2.13. The summed E-state index contributed by atoms with van der Waals surface area (Å²) in [7, 11) is 1.84. The van der Waals surface area contributed by atoms with Gasteiger partial charge in [-0.05, 0) is 24.8 Å². The van der Waals surface area contributed by atoms with Crippen molar-refractivity contribution in [1.29, 1.82) is 0 Å². The maximum absolute atomic E-state index is 4.74. The minimum absolute atomic E-state index is 0.799. The fourth-order valence-electron chi connectivity index (χ4n) is 2.26. The monoisotopic (exact) mass is 328 g/mol. The van der Waals surface area contributed by atoms with Gasteiger partial charge in [0.2, 0.25) is 5.13 Å². The molecule has 4 rings (SSSR count). The fourth-order valence-corrected chi connectivity index (χ4v) is 4.00. The van der Waals surface area contributed by atoms with E-state index in [9.17, 15) is 0 Å². The minimum Gasteiger partial charge on any atom is -0.363 e. The highest BCUT2D eigenvalue weighted by atomic mass is 32.2. The summed E-state index contributed by atoms with van der Waals surface area (Å²) in [5.41, 5.74) is 2.84. The van der Waals surface area contributed by atoms with Crippen molar-refractivity contribution in [2.75, 3.05) is 12.4 Å². The van der Waals surface area contributed by atoms with E-state index < -0.39 is 0 Å². The van der Waals surface area contributed by atoms with Crippen molar-refractivity contribution < 1.29 is 0 Å². The van der Waals surface area contributed by atoms with Gasteiger partial charge in [0.05, 0.1) is 11.2 Å². The Bertz CT molecular complexity index is 974. The van der Waals surface area contributed by atoms with Gasteiger partial charge in [-0.3, -0.25) is 0 Å². The lowest BCUT2D eigenvalue weighted by Gasteiger charge is -2.05. The number of anilines is 1. The Labute approximate surface area is 134 Å². The zero-order chi connectivity index (χ0) is 15.1. The molecule has 22 heavy (non-hydrogen) atoms. The van der Waals surface area contributed by atoms with Gasteiger partial charge in [-0.25, -0.2) is 9.50 Å². The quantitative estimate of drug-likeness (QED) is 0.582. The van der Waals surface area contributed by atoms with E-state index >= 15 is 0 Å². The van der Waals surface area contributed by atoms with Gasteiger partial charge >= 0.3 is 0 Å². The van der Waals surface area contributed by atoms with E-state index in [1.54, 1.807) is 0 Å². The summed E-state index contributed by atoms with van der Waals surface area (Å²) in [6, 6.07) is 10.1. The lowest BCUT2D eigenvalue weighted by molar-refractivity contribution is 0.941. The predicted octanol–water partition coefficient (Wildman–Crippen LogP) is 3.24. The maximum atomic E-state index is 4.74. The Hall–Kier alpha value is -2.19. The first-order valence-electron chi connectivity index (χ1n) is 6.69. The number of nitrogens with one attached hydrogen (secondary N) is 1. The van der Waals surface area contributed by atoms with Gasteiger partial charge in [-0.15, -0.1) is 10.2 Å². The van der Waals surface area contributed by atoms with E-state index in [1.165, 1.54) is 23.1 Å². The van der Waals surface area contributed by atoms with Crippen molar-refractivity contribution in [3.05, 3.63) is 36.0 Å². The molecule has 0 aliphatic heterocycles. The van der Waals surface area contributed by atoms with Crippen LogP contribution in [0.5, 0.6) is 0 Å². The maximum Gasteiger partial charge on any atom is 0.206 e. The molecule has 0 fully saturated rings. The van der Waals surface area contributed by atoms with E-state index in [-0.39, 0.29) is 0 Å². The number of benzene rings is 1. The van der Waals surface area contributed by atoms with Crippen molar-refractivity contribution in [3.8, 4) is 0 Å². The van der Waals surface area contributed by atoms with Crippen molar-refractivity contribution in [1.82, 2.24) is 24.8 Å². The Morgan fingerprint density at radius 3 is 2.91 bits per heavy atom. The molecular weight excluding hydrogens is 316 g/mol. The second-order valence-corrected chi connectivity index (χ2v) is 6.93. The van der Waals surface area contributed by atoms with E-state index in [0.717, 1.165) is 36.7 Å². The molecule has 6 nitrogen and oxygen atoms in total. The Kier molecular flexibility index (Phi) is 3.20. The molecule has 0 saturated heterocycles. The number of para-hydroxylation sites is 1. The molecule has 0 amide bonds. The summed E-state index contributed by atoms with van der Waals surface area (Å²) in [5.74, 6) is 0. The Morgan fingerprint density at radius 2 is 2.09 bits per heavy atom. The van der Waals surface area contributed by atoms with Crippen LogP contribution < -0.4 is 5.32 Å². The summed E-state index contributed by atoms with van der Waals surface area (Å²) < 4.78 is 2.75. The first kappa shape index (κ1) is 13.5. The normalized spacial score (nSPS) is 11.4. The number of fused-ring (bicyclic) bond motifs is 3. The molecule has 4 aromatic rings. The van der Waals surface area contributed by atoms with Crippen molar-refractivity contribution in [2.24, 2.45) is 0 Å². The molecule has 8 heteroatoms. The van der Waals surface area contributed by atoms with E-state index in [2.05, 4.69) is 32.7 Å². The summed E-state index contributed by atoms with van der Waals surface area (Å²) in [5, 5.41) is 18.5. The molecule has 0 saturated carbocycles. The van der Waals surface area contributed by atoms with Crippen molar-refractivity contribution in [3.63, 3.8) is 0 Å². The highest BCUT2D eigenvalue weighted by Crippen LogP contribution is 2.35. The number of hydrogen-bond acceptors (Lipinski definition) is 7. The third kappa shape index (κ3) is 2.20. The third-order valence-corrected chi connectivity index (χ3v) is 5.19. The number of rotatable bonds is 3. The second-order valence-electron chi connectivity index (χ2n) is 4.72. The molecule has 0 spiro atoms. The van der Waals surface area contributed by atoms with Crippen molar-refractivity contribution >= 4 is 44.8 Å². The Balaban J connectivity index is 1.90. The van der Waals surface area contributed by atoms with Crippen LogP contribution in [0, 0.1) is 6.92 Å². The molecule has 0 radical (unpaired) electrons. The van der Waals surface area contributed by atoms with E-state index in [0.29, 0.717) is 0 Å². The second kappa shape index (κ2) is 5.22. The van der Waals surface area contributed by atoms with Gasteiger partial charge in [0.25, 0.3) is 0 Å². The SMILES string of the molecule is CNc1nnc(Sc2nc3cc(C)nn3c3ccccc23)s1. The zero-order valence-electron chi connectivity index (χ0n) is 11.9. The fraction of sp³-hybridized carbons (Fsp3) is 0.143. The van der Waals surface area contributed by atoms with Crippen LogP contribution in [-0.2, 0) is 0 Å². The molecule has 0 aliphatic carbocycles. The molecule has 110 valence electrons.